The lowest BCUT2D eigenvalue weighted by molar-refractivity contribution is -0.384. The molecule has 1 amide bonds. The Hall–Kier alpha value is -3.40. The Balaban J connectivity index is 1.80. The maximum Gasteiger partial charge on any atom is 0.271 e. The van der Waals surface area contributed by atoms with Crippen LogP contribution in [-0.2, 0) is 10.0 Å². The third kappa shape index (κ3) is 4.60. The van der Waals surface area contributed by atoms with Crippen LogP contribution in [0.2, 0.25) is 0 Å². The second-order valence-electron chi connectivity index (χ2n) is 6.81. The minimum atomic E-state index is -4.05. The van der Waals surface area contributed by atoms with Gasteiger partial charge in [0.2, 0.25) is 0 Å². The van der Waals surface area contributed by atoms with Crippen LogP contribution in [0.15, 0.2) is 59.5 Å². The molecule has 158 valence electrons. The van der Waals surface area contributed by atoms with Gasteiger partial charge in [0.05, 0.1) is 22.6 Å². The van der Waals surface area contributed by atoms with Crippen LogP contribution in [0.25, 0.3) is 0 Å². The van der Waals surface area contributed by atoms with Crippen LogP contribution < -0.4 is 9.46 Å². The van der Waals surface area contributed by atoms with Gasteiger partial charge < -0.3 is 9.64 Å². The van der Waals surface area contributed by atoms with Crippen LogP contribution >= 0.6 is 0 Å². The molecule has 1 fully saturated rings. The summed E-state index contributed by atoms with van der Waals surface area (Å²) in [5, 5.41) is 11.0. The molecule has 0 unspecified atom stereocenters. The molecule has 9 nitrogen and oxygen atoms in total. The third-order valence-electron chi connectivity index (χ3n) is 4.81. The highest BCUT2D eigenvalue weighted by Gasteiger charge is 2.22. The molecular weight excluding hydrogens is 410 g/mol. The van der Waals surface area contributed by atoms with Gasteiger partial charge >= 0.3 is 0 Å². The number of carbonyl (C=O) groups excluding carboxylic acids is 1. The van der Waals surface area contributed by atoms with Crippen LogP contribution in [0, 0.1) is 10.1 Å². The van der Waals surface area contributed by atoms with Crippen molar-refractivity contribution >= 4 is 27.3 Å². The number of nitro benzene ring substituents is 1. The smallest absolute Gasteiger partial charge is 0.271 e. The zero-order chi connectivity index (χ0) is 21.9. The number of carbonyl (C=O) groups is 1. The molecule has 30 heavy (non-hydrogen) atoms. The minimum absolute atomic E-state index is 0.0552. The number of hydrogen-bond donors (Lipinski definition) is 1. The molecule has 2 aromatic carbocycles. The van der Waals surface area contributed by atoms with Crippen molar-refractivity contribution in [3.05, 3.63) is 70.3 Å². The molecule has 1 aliphatic rings. The lowest BCUT2D eigenvalue weighted by atomic mass is 10.0. The summed E-state index contributed by atoms with van der Waals surface area (Å²) < 4.78 is 32.8. The molecule has 1 N–H and O–H groups in total. The first-order valence-electron chi connectivity index (χ1n) is 9.12. The number of likely N-dealkylation sites (tertiary alicyclic amines) is 1. The van der Waals surface area contributed by atoms with Gasteiger partial charge in [-0.15, -0.1) is 0 Å². The van der Waals surface area contributed by atoms with Crippen molar-refractivity contribution in [1.29, 1.82) is 0 Å². The summed E-state index contributed by atoms with van der Waals surface area (Å²) in [5.74, 6) is -0.0255. The minimum Gasteiger partial charge on any atom is -0.495 e. The molecule has 0 atom stereocenters. The predicted molar refractivity (Wildman–Crippen MR) is 111 cm³/mol. The number of nitro groups is 1. The summed E-state index contributed by atoms with van der Waals surface area (Å²) in [5.41, 5.74) is 1.16. The number of piperidine rings is 1. The van der Waals surface area contributed by atoms with Gasteiger partial charge in [-0.05, 0) is 43.2 Å². The van der Waals surface area contributed by atoms with Crippen molar-refractivity contribution in [2.75, 3.05) is 24.9 Å². The fraction of sp³-hybridized carbons (Fsp3) is 0.250. The van der Waals surface area contributed by atoms with Crippen LogP contribution in [0.5, 0.6) is 5.75 Å². The predicted octanol–water partition coefficient (Wildman–Crippen LogP) is 3.20. The Labute approximate surface area is 174 Å². The Morgan fingerprint density at radius 3 is 2.37 bits per heavy atom. The van der Waals surface area contributed by atoms with E-state index in [4.69, 9.17) is 4.74 Å². The SMILES string of the molecule is C=C1CCN(C(=O)c2ccc(S(=O)(=O)Nc3cc([N+](=O)[O-])ccc3OC)cc2)CC1. The topological polar surface area (TPSA) is 119 Å². The number of sulfonamides is 1. The number of rotatable bonds is 6. The number of nitrogens with one attached hydrogen (secondary N) is 1. The van der Waals surface area contributed by atoms with E-state index in [2.05, 4.69) is 11.3 Å². The molecule has 0 radical (unpaired) electrons. The first-order chi connectivity index (χ1) is 14.2. The monoisotopic (exact) mass is 431 g/mol. The van der Waals surface area contributed by atoms with E-state index in [0.29, 0.717) is 18.7 Å². The van der Waals surface area contributed by atoms with E-state index in [1.807, 2.05) is 0 Å². The first-order valence-corrected chi connectivity index (χ1v) is 10.6. The van der Waals surface area contributed by atoms with E-state index in [1.165, 1.54) is 43.5 Å². The number of non-ortho nitro benzene ring substituents is 1. The normalized spacial score (nSPS) is 14.3. The van der Waals surface area contributed by atoms with Crippen molar-refractivity contribution in [3.63, 3.8) is 0 Å². The second kappa shape index (κ2) is 8.54. The highest BCUT2D eigenvalue weighted by atomic mass is 32.2. The molecule has 0 spiro atoms. The molecule has 0 aromatic heterocycles. The Bertz CT molecular complexity index is 1090. The Morgan fingerprint density at radius 2 is 1.80 bits per heavy atom. The molecule has 0 saturated carbocycles. The molecule has 1 heterocycles. The van der Waals surface area contributed by atoms with Gasteiger partial charge in [0, 0.05) is 30.8 Å². The number of benzene rings is 2. The van der Waals surface area contributed by atoms with Crippen molar-refractivity contribution in [1.82, 2.24) is 4.90 Å². The molecule has 1 aliphatic heterocycles. The fourth-order valence-corrected chi connectivity index (χ4v) is 4.14. The maximum absolute atomic E-state index is 12.7. The van der Waals surface area contributed by atoms with Gasteiger partial charge in [-0.25, -0.2) is 8.42 Å². The van der Waals surface area contributed by atoms with E-state index < -0.39 is 14.9 Å². The second-order valence-corrected chi connectivity index (χ2v) is 8.50. The Morgan fingerprint density at radius 1 is 1.17 bits per heavy atom. The largest absolute Gasteiger partial charge is 0.495 e. The third-order valence-corrected chi connectivity index (χ3v) is 6.19. The standard InChI is InChI=1S/C20H21N3O6S/c1-14-9-11-22(12-10-14)20(24)15-3-6-17(7-4-15)30(27,28)21-18-13-16(23(25)26)5-8-19(18)29-2/h3-8,13,21H,1,9-12H2,2H3. The molecule has 0 bridgehead atoms. The van der Waals surface area contributed by atoms with E-state index >= 15 is 0 Å². The zero-order valence-electron chi connectivity index (χ0n) is 16.3. The summed E-state index contributed by atoms with van der Waals surface area (Å²) in [7, 11) is -2.72. The number of methoxy groups -OCH3 is 1. The fourth-order valence-electron chi connectivity index (χ4n) is 3.08. The molecule has 1 saturated heterocycles. The van der Waals surface area contributed by atoms with Crippen LogP contribution in [0.1, 0.15) is 23.2 Å². The van der Waals surface area contributed by atoms with Crippen molar-refractivity contribution in [3.8, 4) is 5.75 Å². The molecule has 0 aliphatic carbocycles. The van der Waals surface area contributed by atoms with E-state index in [1.54, 1.807) is 4.90 Å². The van der Waals surface area contributed by atoms with Crippen molar-refractivity contribution in [2.24, 2.45) is 0 Å². The van der Waals surface area contributed by atoms with E-state index in [0.717, 1.165) is 24.5 Å². The maximum atomic E-state index is 12.7. The summed E-state index contributed by atoms with van der Waals surface area (Å²) in [6.07, 6.45) is 1.51. The lowest BCUT2D eigenvalue weighted by Gasteiger charge is -2.28. The number of nitrogens with zero attached hydrogens (tertiary/aromatic N) is 2. The number of ether oxygens (including phenoxy) is 1. The number of amides is 1. The van der Waals surface area contributed by atoms with Gasteiger partial charge in [0.1, 0.15) is 5.75 Å². The molecular formula is C20H21N3O6S. The van der Waals surface area contributed by atoms with E-state index in [-0.39, 0.29) is 27.9 Å². The van der Waals surface area contributed by atoms with Crippen LogP contribution in [-0.4, -0.2) is 44.3 Å². The van der Waals surface area contributed by atoms with Gasteiger partial charge in [-0.3, -0.25) is 19.6 Å². The first kappa shape index (κ1) is 21.3. The summed E-state index contributed by atoms with van der Waals surface area (Å²) >= 11 is 0. The number of anilines is 1. The van der Waals surface area contributed by atoms with Crippen LogP contribution in [0.4, 0.5) is 11.4 Å². The molecule has 10 heteroatoms. The highest BCUT2D eigenvalue weighted by molar-refractivity contribution is 7.92. The zero-order valence-corrected chi connectivity index (χ0v) is 17.1. The lowest BCUT2D eigenvalue weighted by Crippen LogP contribution is -2.36. The summed E-state index contributed by atoms with van der Waals surface area (Å²) in [4.78, 5) is 24.6. The number of hydrogen-bond acceptors (Lipinski definition) is 6. The average Bonchev–Trinajstić information content (AvgIpc) is 2.73. The van der Waals surface area contributed by atoms with Gasteiger partial charge in [-0.2, -0.15) is 0 Å². The van der Waals surface area contributed by atoms with Gasteiger partial charge in [-0.1, -0.05) is 12.2 Å². The van der Waals surface area contributed by atoms with Gasteiger partial charge in [0.25, 0.3) is 21.6 Å². The summed E-state index contributed by atoms with van der Waals surface area (Å²) in [6, 6.07) is 9.15. The van der Waals surface area contributed by atoms with Gasteiger partial charge in [0.15, 0.2) is 0 Å². The summed E-state index contributed by atoms with van der Waals surface area (Å²) in [6.45, 7) is 5.10. The van der Waals surface area contributed by atoms with Crippen LogP contribution in [0.3, 0.4) is 0 Å². The quantitative estimate of drug-likeness (QED) is 0.426. The van der Waals surface area contributed by atoms with E-state index in [9.17, 15) is 23.3 Å². The van der Waals surface area contributed by atoms with Crippen molar-refractivity contribution < 1.29 is 22.9 Å². The Kier molecular flexibility index (Phi) is 6.06. The van der Waals surface area contributed by atoms with Crippen molar-refractivity contribution in [2.45, 2.75) is 17.7 Å². The highest BCUT2D eigenvalue weighted by Crippen LogP contribution is 2.31. The average molecular weight is 431 g/mol. The molecule has 2 aromatic rings. The molecule has 3 rings (SSSR count).